The molecule has 1 amide bonds. The molecule has 1 heterocycles. The Morgan fingerprint density at radius 2 is 1.81 bits per heavy atom. The Bertz CT molecular complexity index is 1300. The van der Waals surface area contributed by atoms with Crippen LogP contribution in [0.4, 0.5) is 10.1 Å². The number of pyridine rings is 1. The van der Waals surface area contributed by atoms with Crippen molar-refractivity contribution >= 4 is 32.5 Å². The molecule has 3 aromatic rings. The molecular weight excluding hydrogens is 421 g/mol. The van der Waals surface area contributed by atoms with Gasteiger partial charge in [0.25, 0.3) is 15.9 Å². The molecule has 4 rings (SSSR count). The maximum atomic E-state index is 13.2. The van der Waals surface area contributed by atoms with E-state index >= 15 is 0 Å². The number of carbonyl (C=O) groups is 1. The van der Waals surface area contributed by atoms with E-state index in [4.69, 9.17) is 0 Å². The van der Waals surface area contributed by atoms with Crippen LogP contribution >= 0.6 is 0 Å². The number of hydrogen-bond acceptors (Lipinski definition) is 4. The number of halogens is 1. The zero-order valence-corrected chi connectivity index (χ0v) is 17.7. The van der Waals surface area contributed by atoms with Crippen molar-refractivity contribution in [2.24, 2.45) is 0 Å². The molecule has 0 bridgehead atoms. The number of amides is 1. The van der Waals surface area contributed by atoms with Gasteiger partial charge in [-0.05, 0) is 55.3 Å². The molecule has 0 saturated heterocycles. The predicted molar refractivity (Wildman–Crippen MR) is 116 cm³/mol. The Balaban J connectivity index is 1.70. The van der Waals surface area contributed by atoms with Gasteiger partial charge in [0.1, 0.15) is 11.4 Å². The van der Waals surface area contributed by atoms with Crippen LogP contribution in [-0.4, -0.2) is 32.4 Å². The fourth-order valence-corrected chi connectivity index (χ4v) is 5.03. The Morgan fingerprint density at radius 1 is 1.13 bits per heavy atom. The van der Waals surface area contributed by atoms with Crippen LogP contribution in [0.25, 0.3) is 10.9 Å². The summed E-state index contributed by atoms with van der Waals surface area (Å²) in [6.07, 6.45) is 5.21. The molecule has 2 aromatic carbocycles. The van der Waals surface area contributed by atoms with E-state index in [0.717, 1.165) is 30.0 Å². The number of carbonyl (C=O) groups excluding carboxylic acids is 1. The van der Waals surface area contributed by atoms with Gasteiger partial charge >= 0.3 is 0 Å². The number of aromatic amines is 1. The smallest absolute Gasteiger partial charge is 0.264 e. The second-order valence-corrected chi connectivity index (χ2v) is 9.61. The Labute approximate surface area is 178 Å². The lowest BCUT2D eigenvalue weighted by Crippen LogP contribution is -2.35. The minimum Gasteiger partial charge on any atom is -0.360 e. The summed E-state index contributed by atoms with van der Waals surface area (Å²) in [5.41, 5.74) is 0.109. The SMILES string of the molecule is CN(c1ccc(F)cc1)S(=O)(=O)c1ccc2[nH]cc(C(=O)NC3CCCC3)c(=O)c2c1. The lowest BCUT2D eigenvalue weighted by atomic mass is 10.1. The van der Waals surface area contributed by atoms with Crippen molar-refractivity contribution in [1.29, 1.82) is 0 Å². The molecule has 1 aliphatic carbocycles. The summed E-state index contributed by atoms with van der Waals surface area (Å²) < 4.78 is 40.3. The van der Waals surface area contributed by atoms with Gasteiger partial charge in [-0.2, -0.15) is 0 Å². The number of benzene rings is 2. The van der Waals surface area contributed by atoms with E-state index in [1.54, 1.807) is 0 Å². The summed E-state index contributed by atoms with van der Waals surface area (Å²) in [6, 6.07) is 9.23. The number of fused-ring (bicyclic) bond motifs is 1. The van der Waals surface area contributed by atoms with Gasteiger partial charge < -0.3 is 10.3 Å². The van der Waals surface area contributed by atoms with Crippen LogP contribution in [0.3, 0.4) is 0 Å². The summed E-state index contributed by atoms with van der Waals surface area (Å²) in [5, 5.41) is 2.98. The first-order valence-corrected chi connectivity index (χ1v) is 11.4. The number of anilines is 1. The van der Waals surface area contributed by atoms with E-state index in [0.29, 0.717) is 5.52 Å². The maximum Gasteiger partial charge on any atom is 0.264 e. The number of sulfonamides is 1. The van der Waals surface area contributed by atoms with E-state index < -0.39 is 27.2 Å². The molecule has 9 heteroatoms. The first-order chi connectivity index (χ1) is 14.8. The lowest BCUT2D eigenvalue weighted by molar-refractivity contribution is 0.0936. The molecule has 1 aliphatic rings. The largest absolute Gasteiger partial charge is 0.360 e. The van der Waals surface area contributed by atoms with Gasteiger partial charge in [0.05, 0.1) is 10.6 Å². The predicted octanol–water partition coefficient (Wildman–Crippen LogP) is 3.16. The zero-order valence-electron chi connectivity index (χ0n) is 16.9. The second-order valence-electron chi connectivity index (χ2n) is 7.64. The van der Waals surface area contributed by atoms with Crippen LogP contribution in [0.2, 0.25) is 0 Å². The molecule has 0 aliphatic heterocycles. The van der Waals surface area contributed by atoms with Gasteiger partial charge in [0, 0.05) is 30.2 Å². The van der Waals surface area contributed by atoms with Crippen molar-refractivity contribution in [1.82, 2.24) is 10.3 Å². The van der Waals surface area contributed by atoms with E-state index in [1.165, 1.54) is 55.7 Å². The van der Waals surface area contributed by atoms with Crippen molar-refractivity contribution in [3.63, 3.8) is 0 Å². The van der Waals surface area contributed by atoms with Crippen LogP contribution in [0.15, 0.2) is 58.4 Å². The Kier molecular flexibility index (Phi) is 5.53. The summed E-state index contributed by atoms with van der Waals surface area (Å²) in [6.45, 7) is 0. The third kappa shape index (κ3) is 4.05. The van der Waals surface area contributed by atoms with Crippen LogP contribution in [-0.2, 0) is 10.0 Å². The highest BCUT2D eigenvalue weighted by Gasteiger charge is 2.24. The van der Waals surface area contributed by atoms with Crippen molar-refractivity contribution in [2.75, 3.05) is 11.4 Å². The fourth-order valence-electron chi connectivity index (χ4n) is 3.81. The molecule has 1 saturated carbocycles. The number of aromatic nitrogens is 1. The number of nitrogens with one attached hydrogen (secondary N) is 2. The van der Waals surface area contributed by atoms with Gasteiger partial charge in [-0.15, -0.1) is 0 Å². The van der Waals surface area contributed by atoms with Gasteiger partial charge in [-0.1, -0.05) is 12.8 Å². The minimum atomic E-state index is -4.01. The third-order valence-electron chi connectivity index (χ3n) is 5.64. The van der Waals surface area contributed by atoms with Crippen molar-refractivity contribution in [3.05, 3.63) is 70.3 Å². The molecular formula is C22H22FN3O4S. The fraction of sp³-hybridized carbons (Fsp3) is 0.273. The monoisotopic (exact) mass is 443 g/mol. The van der Waals surface area contributed by atoms with Crippen LogP contribution in [0.5, 0.6) is 0 Å². The van der Waals surface area contributed by atoms with Gasteiger partial charge in [-0.3, -0.25) is 13.9 Å². The number of rotatable bonds is 5. The molecule has 0 radical (unpaired) electrons. The van der Waals surface area contributed by atoms with E-state index in [2.05, 4.69) is 10.3 Å². The number of nitrogens with zero attached hydrogens (tertiary/aromatic N) is 1. The molecule has 0 atom stereocenters. The van der Waals surface area contributed by atoms with Crippen LogP contribution in [0, 0.1) is 5.82 Å². The zero-order chi connectivity index (χ0) is 22.2. The molecule has 7 nitrogen and oxygen atoms in total. The molecule has 1 fully saturated rings. The average molecular weight is 444 g/mol. The van der Waals surface area contributed by atoms with Crippen LogP contribution < -0.4 is 15.1 Å². The van der Waals surface area contributed by atoms with E-state index in [9.17, 15) is 22.4 Å². The average Bonchev–Trinajstić information content (AvgIpc) is 3.26. The highest BCUT2D eigenvalue weighted by molar-refractivity contribution is 7.92. The number of hydrogen-bond donors (Lipinski definition) is 2. The second kappa shape index (κ2) is 8.14. The number of H-pyrrole nitrogens is 1. The van der Waals surface area contributed by atoms with Crippen molar-refractivity contribution < 1.29 is 17.6 Å². The van der Waals surface area contributed by atoms with Gasteiger partial charge in [0.2, 0.25) is 5.43 Å². The Morgan fingerprint density at radius 3 is 2.48 bits per heavy atom. The topological polar surface area (TPSA) is 99.3 Å². The van der Waals surface area contributed by atoms with Crippen molar-refractivity contribution in [2.45, 2.75) is 36.6 Å². The first kappa shape index (κ1) is 21.0. The van der Waals surface area contributed by atoms with Gasteiger partial charge in [0.15, 0.2) is 0 Å². The Hall–Kier alpha value is -3.20. The van der Waals surface area contributed by atoms with E-state index in [-0.39, 0.29) is 27.6 Å². The highest BCUT2D eigenvalue weighted by atomic mass is 32.2. The third-order valence-corrected chi connectivity index (χ3v) is 7.42. The minimum absolute atomic E-state index is 0.0543. The summed E-state index contributed by atoms with van der Waals surface area (Å²) >= 11 is 0. The summed E-state index contributed by atoms with van der Waals surface area (Å²) in [4.78, 5) is 28.3. The molecule has 2 N–H and O–H groups in total. The summed E-state index contributed by atoms with van der Waals surface area (Å²) in [5.74, 6) is -0.943. The standard InChI is InChI=1S/C22H22FN3O4S/c1-26(16-8-6-14(23)7-9-16)31(29,30)17-10-11-20-18(12-17)21(27)19(13-24-20)22(28)25-15-4-2-3-5-15/h6-13,15H,2-5H2,1H3,(H,24,27)(H,25,28). The van der Waals surface area contributed by atoms with Gasteiger partial charge in [-0.25, -0.2) is 12.8 Å². The van der Waals surface area contributed by atoms with Crippen molar-refractivity contribution in [3.8, 4) is 0 Å². The highest BCUT2D eigenvalue weighted by Crippen LogP contribution is 2.24. The molecule has 0 unspecified atom stereocenters. The lowest BCUT2D eigenvalue weighted by Gasteiger charge is -2.19. The maximum absolute atomic E-state index is 13.2. The molecule has 1 aromatic heterocycles. The van der Waals surface area contributed by atoms with Crippen LogP contribution in [0.1, 0.15) is 36.0 Å². The normalized spacial score (nSPS) is 14.6. The molecule has 162 valence electrons. The molecule has 0 spiro atoms. The summed E-state index contributed by atoms with van der Waals surface area (Å²) in [7, 11) is -2.66. The first-order valence-electron chi connectivity index (χ1n) is 9.98. The molecule has 31 heavy (non-hydrogen) atoms. The quantitative estimate of drug-likeness (QED) is 0.633. The van der Waals surface area contributed by atoms with E-state index in [1.807, 2.05) is 0 Å².